The third kappa shape index (κ3) is 5.04. The van der Waals surface area contributed by atoms with Gasteiger partial charge in [0.1, 0.15) is 0 Å². The summed E-state index contributed by atoms with van der Waals surface area (Å²) < 4.78 is 2.08. The topological polar surface area (TPSA) is 53.6 Å². The maximum Gasteiger partial charge on any atom is 0.0641 e. The van der Waals surface area contributed by atoms with Gasteiger partial charge >= 0.3 is 0 Å². The van der Waals surface area contributed by atoms with Gasteiger partial charge in [0, 0.05) is 30.8 Å². The van der Waals surface area contributed by atoms with Crippen LogP contribution in [0.5, 0.6) is 0 Å². The second kappa shape index (κ2) is 7.96. The van der Waals surface area contributed by atoms with Crippen LogP contribution in [0.1, 0.15) is 50.1 Å². The molecule has 106 valence electrons. The molecule has 0 radical (unpaired) electrons. The van der Waals surface area contributed by atoms with E-state index in [0.29, 0.717) is 12.3 Å². The molecule has 0 amide bonds. The SMILES string of the molecule is Cc1nn(CCCCC#N)c(C)c1CNCC(C)C. The highest BCUT2D eigenvalue weighted by molar-refractivity contribution is 5.24. The maximum absolute atomic E-state index is 8.53. The van der Waals surface area contributed by atoms with E-state index in [1.54, 1.807) is 0 Å². The molecule has 0 aliphatic rings. The Labute approximate surface area is 116 Å². The lowest BCUT2D eigenvalue weighted by Crippen LogP contribution is -2.19. The van der Waals surface area contributed by atoms with Crippen LogP contribution in [-0.2, 0) is 13.1 Å². The Kier molecular flexibility index (Phi) is 6.58. The van der Waals surface area contributed by atoms with Gasteiger partial charge in [-0.15, -0.1) is 0 Å². The van der Waals surface area contributed by atoms with E-state index < -0.39 is 0 Å². The Morgan fingerprint density at radius 3 is 2.68 bits per heavy atom. The van der Waals surface area contributed by atoms with Gasteiger partial charge in [0.05, 0.1) is 11.8 Å². The van der Waals surface area contributed by atoms with E-state index in [2.05, 4.69) is 48.9 Å². The molecule has 1 aromatic rings. The van der Waals surface area contributed by atoms with E-state index in [1.165, 1.54) is 11.3 Å². The number of hydrogen-bond acceptors (Lipinski definition) is 3. The third-order valence-corrected chi connectivity index (χ3v) is 3.29. The Bertz CT molecular complexity index is 426. The van der Waals surface area contributed by atoms with Gasteiger partial charge in [0.15, 0.2) is 0 Å². The number of nitrogens with one attached hydrogen (secondary N) is 1. The van der Waals surface area contributed by atoms with Gasteiger partial charge in [-0.25, -0.2) is 0 Å². The van der Waals surface area contributed by atoms with Crippen molar-refractivity contribution in [2.45, 2.75) is 60.0 Å². The van der Waals surface area contributed by atoms with Crippen LogP contribution in [0.3, 0.4) is 0 Å². The fourth-order valence-corrected chi connectivity index (χ4v) is 2.16. The average molecular weight is 262 g/mol. The molecule has 0 aromatic carbocycles. The quantitative estimate of drug-likeness (QED) is 0.733. The number of unbranched alkanes of at least 4 members (excludes halogenated alkanes) is 2. The monoisotopic (exact) mass is 262 g/mol. The maximum atomic E-state index is 8.53. The van der Waals surface area contributed by atoms with Crippen molar-refractivity contribution in [3.05, 3.63) is 17.0 Å². The van der Waals surface area contributed by atoms with E-state index in [-0.39, 0.29) is 0 Å². The zero-order chi connectivity index (χ0) is 14.3. The molecule has 4 heteroatoms. The lowest BCUT2D eigenvalue weighted by atomic mass is 10.1. The second-order valence-electron chi connectivity index (χ2n) is 5.51. The van der Waals surface area contributed by atoms with Crippen molar-refractivity contribution < 1.29 is 0 Å². The molecular formula is C15H26N4. The van der Waals surface area contributed by atoms with Crippen LogP contribution in [0.25, 0.3) is 0 Å². The lowest BCUT2D eigenvalue weighted by molar-refractivity contribution is 0.540. The predicted octanol–water partition coefficient (Wildman–Crippen LogP) is 2.94. The van der Waals surface area contributed by atoms with E-state index in [1.807, 2.05) is 0 Å². The summed E-state index contributed by atoms with van der Waals surface area (Å²) in [4.78, 5) is 0. The van der Waals surface area contributed by atoms with Crippen molar-refractivity contribution in [3.8, 4) is 6.07 Å². The molecule has 1 heterocycles. The van der Waals surface area contributed by atoms with Gasteiger partial charge in [0.2, 0.25) is 0 Å². The highest BCUT2D eigenvalue weighted by Gasteiger charge is 2.10. The standard InChI is InChI=1S/C15H26N4/c1-12(2)10-17-11-15-13(3)18-19(14(15)4)9-7-5-6-8-16/h12,17H,5-7,9-11H2,1-4H3. The minimum Gasteiger partial charge on any atom is -0.312 e. The molecule has 1 N–H and O–H groups in total. The molecule has 4 nitrogen and oxygen atoms in total. The number of aryl methyl sites for hydroxylation is 2. The number of rotatable bonds is 8. The molecule has 0 saturated carbocycles. The second-order valence-corrected chi connectivity index (χ2v) is 5.51. The molecule has 0 aliphatic heterocycles. The molecule has 0 atom stereocenters. The Morgan fingerprint density at radius 2 is 2.05 bits per heavy atom. The van der Waals surface area contributed by atoms with E-state index in [4.69, 9.17) is 5.26 Å². The highest BCUT2D eigenvalue weighted by atomic mass is 15.3. The van der Waals surface area contributed by atoms with Crippen molar-refractivity contribution in [1.29, 1.82) is 5.26 Å². The molecule has 0 spiro atoms. The molecule has 19 heavy (non-hydrogen) atoms. The summed E-state index contributed by atoms with van der Waals surface area (Å²) in [7, 11) is 0. The van der Waals surface area contributed by atoms with Gasteiger partial charge < -0.3 is 5.32 Å². The summed E-state index contributed by atoms with van der Waals surface area (Å²) in [5.41, 5.74) is 3.70. The highest BCUT2D eigenvalue weighted by Crippen LogP contribution is 2.14. The first-order valence-corrected chi connectivity index (χ1v) is 7.16. The molecular weight excluding hydrogens is 236 g/mol. The molecule has 0 unspecified atom stereocenters. The fourth-order valence-electron chi connectivity index (χ4n) is 2.16. The van der Waals surface area contributed by atoms with Crippen molar-refractivity contribution in [1.82, 2.24) is 15.1 Å². The smallest absolute Gasteiger partial charge is 0.0641 e. The molecule has 0 bridgehead atoms. The van der Waals surface area contributed by atoms with Crippen LogP contribution in [-0.4, -0.2) is 16.3 Å². The van der Waals surface area contributed by atoms with Gasteiger partial charge in [0.25, 0.3) is 0 Å². The van der Waals surface area contributed by atoms with Crippen LogP contribution in [0.4, 0.5) is 0 Å². The normalized spacial score (nSPS) is 10.9. The third-order valence-electron chi connectivity index (χ3n) is 3.29. The average Bonchev–Trinajstić information content (AvgIpc) is 2.62. The fraction of sp³-hybridized carbons (Fsp3) is 0.733. The molecule has 0 aliphatic carbocycles. The molecule has 1 aromatic heterocycles. The van der Waals surface area contributed by atoms with Gasteiger partial charge in [-0.2, -0.15) is 10.4 Å². The van der Waals surface area contributed by atoms with Crippen LogP contribution >= 0.6 is 0 Å². The largest absolute Gasteiger partial charge is 0.312 e. The van der Waals surface area contributed by atoms with E-state index in [0.717, 1.165) is 38.2 Å². The Hall–Kier alpha value is -1.34. The summed E-state index contributed by atoms with van der Waals surface area (Å²) in [5, 5.41) is 16.6. The number of aromatic nitrogens is 2. The van der Waals surface area contributed by atoms with Crippen LogP contribution in [0, 0.1) is 31.1 Å². The first-order chi connectivity index (χ1) is 9.06. The first-order valence-electron chi connectivity index (χ1n) is 7.16. The summed E-state index contributed by atoms with van der Waals surface area (Å²) in [6, 6.07) is 2.18. The predicted molar refractivity (Wildman–Crippen MR) is 77.7 cm³/mol. The summed E-state index contributed by atoms with van der Waals surface area (Å²) in [6.07, 6.45) is 2.62. The minimum atomic E-state index is 0.641. The van der Waals surface area contributed by atoms with E-state index in [9.17, 15) is 0 Å². The van der Waals surface area contributed by atoms with Crippen molar-refractivity contribution in [2.75, 3.05) is 6.54 Å². The number of hydrogen-bond donors (Lipinski definition) is 1. The van der Waals surface area contributed by atoms with Gasteiger partial charge in [-0.3, -0.25) is 4.68 Å². The molecule has 0 fully saturated rings. The van der Waals surface area contributed by atoms with Crippen molar-refractivity contribution in [2.24, 2.45) is 5.92 Å². The zero-order valence-corrected chi connectivity index (χ0v) is 12.7. The number of nitrogens with zero attached hydrogens (tertiary/aromatic N) is 3. The Morgan fingerprint density at radius 1 is 1.32 bits per heavy atom. The van der Waals surface area contributed by atoms with E-state index >= 15 is 0 Å². The van der Waals surface area contributed by atoms with Gasteiger partial charge in [-0.1, -0.05) is 13.8 Å². The minimum absolute atomic E-state index is 0.641. The molecule has 0 saturated heterocycles. The van der Waals surface area contributed by atoms with Crippen LogP contribution in [0.15, 0.2) is 0 Å². The van der Waals surface area contributed by atoms with Gasteiger partial charge in [-0.05, 0) is 39.2 Å². The molecule has 1 rings (SSSR count). The zero-order valence-electron chi connectivity index (χ0n) is 12.7. The lowest BCUT2D eigenvalue weighted by Gasteiger charge is -2.08. The summed E-state index contributed by atoms with van der Waals surface area (Å²) >= 11 is 0. The number of nitriles is 1. The Balaban J connectivity index is 2.53. The summed E-state index contributed by atoms with van der Waals surface area (Å²) in [6.45, 7) is 11.5. The van der Waals surface area contributed by atoms with Crippen molar-refractivity contribution in [3.63, 3.8) is 0 Å². The van der Waals surface area contributed by atoms with Crippen LogP contribution < -0.4 is 5.32 Å². The van der Waals surface area contributed by atoms with Crippen LogP contribution in [0.2, 0.25) is 0 Å². The summed E-state index contributed by atoms with van der Waals surface area (Å²) in [5.74, 6) is 0.668. The first kappa shape index (κ1) is 15.7. The van der Waals surface area contributed by atoms with Crippen molar-refractivity contribution >= 4 is 0 Å².